The number of carbonyl (C=O) groups excluding carboxylic acids is 1. The van der Waals surface area contributed by atoms with Crippen molar-refractivity contribution in [2.75, 3.05) is 0 Å². The summed E-state index contributed by atoms with van der Waals surface area (Å²) < 4.78 is 58.5. The van der Waals surface area contributed by atoms with Crippen LogP contribution in [0.25, 0.3) is 0 Å². The summed E-state index contributed by atoms with van der Waals surface area (Å²) >= 11 is 5.74. The summed E-state index contributed by atoms with van der Waals surface area (Å²) in [6.45, 7) is 1.34. The van der Waals surface area contributed by atoms with Crippen LogP contribution in [-0.4, -0.2) is 29.1 Å². The van der Waals surface area contributed by atoms with Crippen molar-refractivity contribution >= 4 is 23.4 Å². The maximum atomic E-state index is 14.5. The van der Waals surface area contributed by atoms with E-state index in [1.807, 2.05) is 0 Å². The number of amidine groups is 1. The number of halogens is 5. The van der Waals surface area contributed by atoms with Crippen LogP contribution in [0.2, 0.25) is 5.02 Å². The van der Waals surface area contributed by atoms with E-state index in [0.29, 0.717) is 10.6 Å². The highest BCUT2D eigenvalue weighted by Crippen LogP contribution is 2.41. The smallest absolute Gasteiger partial charge is 0.425 e. The van der Waals surface area contributed by atoms with Crippen molar-refractivity contribution in [3.8, 4) is 0 Å². The molecule has 0 saturated heterocycles. The number of hydrogen-bond donors (Lipinski definition) is 1. The summed E-state index contributed by atoms with van der Waals surface area (Å²) in [6, 6.07) is 6.07. The first-order valence-electron chi connectivity index (χ1n) is 8.50. The fourth-order valence-corrected chi connectivity index (χ4v) is 3.24. The normalized spacial score (nSPS) is 22.0. The molecule has 0 amide bonds. The standard InChI is InChI=1S/C19H16ClF4N3O2/c1-18(8-16(19(22,23)24)29-17(25)27-18)12-6-10(2-4-13(12)21)7-15(28)14-5-3-11(20)9-26-14/h2-6,9,16H,7-8H2,1H3,(H2,25,27)/t16-,18-/m0/s1. The van der Waals surface area contributed by atoms with E-state index in [-0.39, 0.29) is 23.5 Å². The summed E-state index contributed by atoms with van der Waals surface area (Å²) in [5.74, 6) is -1.11. The van der Waals surface area contributed by atoms with Gasteiger partial charge in [-0.1, -0.05) is 17.7 Å². The minimum Gasteiger partial charge on any atom is -0.452 e. The molecule has 0 radical (unpaired) electrons. The van der Waals surface area contributed by atoms with Gasteiger partial charge in [-0.15, -0.1) is 0 Å². The van der Waals surface area contributed by atoms with E-state index in [4.69, 9.17) is 17.3 Å². The summed E-state index contributed by atoms with van der Waals surface area (Å²) in [7, 11) is 0. The van der Waals surface area contributed by atoms with Gasteiger partial charge in [-0.3, -0.25) is 9.78 Å². The minimum atomic E-state index is -4.69. The molecule has 0 saturated carbocycles. The number of hydrogen-bond acceptors (Lipinski definition) is 5. The number of nitrogens with two attached hydrogens (primary N) is 1. The fourth-order valence-electron chi connectivity index (χ4n) is 3.13. The first kappa shape index (κ1) is 21.0. The van der Waals surface area contributed by atoms with Crippen LogP contribution >= 0.6 is 11.6 Å². The molecule has 0 fully saturated rings. The van der Waals surface area contributed by atoms with Crippen molar-refractivity contribution in [2.45, 2.75) is 37.6 Å². The predicted octanol–water partition coefficient (Wildman–Crippen LogP) is 4.18. The Morgan fingerprint density at radius 1 is 1.34 bits per heavy atom. The monoisotopic (exact) mass is 429 g/mol. The number of ketones is 1. The molecule has 5 nitrogen and oxygen atoms in total. The number of aromatic nitrogens is 1. The molecule has 1 aliphatic heterocycles. The Bertz CT molecular complexity index is 963. The van der Waals surface area contributed by atoms with Gasteiger partial charge in [0.05, 0.1) is 10.6 Å². The molecule has 1 aliphatic rings. The molecule has 10 heteroatoms. The average Bonchev–Trinajstić information content (AvgIpc) is 2.62. The van der Waals surface area contributed by atoms with E-state index in [1.54, 1.807) is 0 Å². The summed E-state index contributed by atoms with van der Waals surface area (Å²) in [5, 5.41) is 0.368. The first-order chi connectivity index (χ1) is 13.5. The molecule has 29 heavy (non-hydrogen) atoms. The van der Waals surface area contributed by atoms with Gasteiger partial charge in [0.1, 0.15) is 11.5 Å². The Morgan fingerprint density at radius 2 is 2.07 bits per heavy atom. The van der Waals surface area contributed by atoms with E-state index in [1.165, 1.54) is 37.4 Å². The zero-order chi connectivity index (χ0) is 21.4. The predicted molar refractivity (Wildman–Crippen MR) is 98.2 cm³/mol. The van der Waals surface area contributed by atoms with Crippen molar-refractivity contribution in [3.05, 3.63) is 64.2 Å². The number of alkyl halides is 3. The van der Waals surface area contributed by atoms with Gasteiger partial charge in [0.15, 0.2) is 11.9 Å². The molecule has 3 rings (SSSR count). The van der Waals surface area contributed by atoms with Gasteiger partial charge in [0.2, 0.25) is 0 Å². The molecule has 2 heterocycles. The average molecular weight is 430 g/mol. The molecule has 2 aromatic rings. The fraction of sp³-hybridized carbons (Fsp3) is 0.316. The Kier molecular flexibility index (Phi) is 5.53. The van der Waals surface area contributed by atoms with Gasteiger partial charge in [-0.05, 0) is 36.8 Å². The highest BCUT2D eigenvalue weighted by Gasteiger charge is 2.50. The summed E-state index contributed by atoms with van der Waals surface area (Å²) in [5.41, 5.74) is 4.27. The van der Waals surface area contributed by atoms with Crippen LogP contribution in [0, 0.1) is 5.82 Å². The quantitative estimate of drug-likeness (QED) is 0.584. The number of nitrogens with zero attached hydrogens (tertiary/aromatic N) is 2. The van der Waals surface area contributed by atoms with Crippen LogP contribution in [0.1, 0.15) is 35.0 Å². The summed E-state index contributed by atoms with van der Waals surface area (Å²) in [6.07, 6.45) is -6.36. The Morgan fingerprint density at radius 3 is 2.69 bits per heavy atom. The third kappa shape index (κ3) is 4.67. The molecule has 1 aromatic carbocycles. The zero-order valence-electron chi connectivity index (χ0n) is 15.1. The first-order valence-corrected chi connectivity index (χ1v) is 8.88. The van der Waals surface area contributed by atoms with Gasteiger partial charge >= 0.3 is 6.18 Å². The molecule has 2 N–H and O–H groups in total. The van der Waals surface area contributed by atoms with E-state index in [9.17, 15) is 22.4 Å². The van der Waals surface area contributed by atoms with Gasteiger partial charge in [0.25, 0.3) is 6.02 Å². The van der Waals surface area contributed by atoms with Crippen LogP contribution < -0.4 is 5.73 Å². The lowest BCUT2D eigenvalue weighted by molar-refractivity contribution is -0.208. The van der Waals surface area contributed by atoms with Gasteiger partial charge in [-0.2, -0.15) is 13.2 Å². The minimum absolute atomic E-state index is 0.104. The molecule has 154 valence electrons. The van der Waals surface area contributed by atoms with E-state index >= 15 is 0 Å². The van der Waals surface area contributed by atoms with Crippen molar-refractivity contribution in [1.29, 1.82) is 0 Å². The van der Waals surface area contributed by atoms with Crippen LogP contribution in [0.3, 0.4) is 0 Å². The second-order valence-electron chi connectivity index (χ2n) is 6.85. The van der Waals surface area contributed by atoms with Crippen LogP contribution in [0.15, 0.2) is 41.5 Å². The Hall–Kier alpha value is -2.68. The number of benzene rings is 1. The topological polar surface area (TPSA) is 77.6 Å². The van der Waals surface area contributed by atoms with Crippen molar-refractivity contribution < 1.29 is 27.1 Å². The van der Waals surface area contributed by atoms with Crippen LogP contribution in [0.5, 0.6) is 0 Å². The van der Waals surface area contributed by atoms with E-state index < -0.39 is 36.1 Å². The maximum Gasteiger partial charge on any atom is 0.425 e. The van der Waals surface area contributed by atoms with E-state index in [0.717, 1.165) is 6.07 Å². The molecule has 0 aliphatic carbocycles. The number of carbonyl (C=O) groups is 1. The third-order valence-electron chi connectivity index (χ3n) is 4.56. The second kappa shape index (κ2) is 7.62. The van der Waals surface area contributed by atoms with Crippen LogP contribution in [-0.2, 0) is 16.7 Å². The van der Waals surface area contributed by atoms with Crippen molar-refractivity contribution in [3.63, 3.8) is 0 Å². The van der Waals surface area contributed by atoms with Crippen LogP contribution in [0.4, 0.5) is 17.6 Å². The Balaban J connectivity index is 1.91. The second-order valence-corrected chi connectivity index (χ2v) is 7.29. The highest BCUT2D eigenvalue weighted by molar-refractivity contribution is 6.30. The van der Waals surface area contributed by atoms with Gasteiger partial charge < -0.3 is 10.5 Å². The van der Waals surface area contributed by atoms with E-state index in [2.05, 4.69) is 14.7 Å². The molecule has 0 spiro atoms. The number of rotatable bonds is 4. The number of aliphatic imine (C=N–C) groups is 1. The molecule has 0 unspecified atom stereocenters. The van der Waals surface area contributed by atoms with Crippen molar-refractivity contribution in [1.82, 2.24) is 4.98 Å². The van der Waals surface area contributed by atoms with Crippen molar-refractivity contribution in [2.24, 2.45) is 10.7 Å². The number of pyridine rings is 1. The Labute approximate surface area is 168 Å². The third-order valence-corrected chi connectivity index (χ3v) is 4.78. The zero-order valence-corrected chi connectivity index (χ0v) is 15.9. The van der Waals surface area contributed by atoms with Gasteiger partial charge in [-0.25, -0.2) is 9.38 Å². The lowest BCUT2D eigenvalue weighted by atomic mass is 9.84. The largest absolute Gasteiger partial charge is 0.452 e. The molecular formula is C19H16ClF4N3O2. The highest BCUT2D eigenvalue weighted by atomic mass is 35.5. The molecule has 2 atom stereocenters. The number of ether oxygens (including phenoxy) is 1. The lowest BCUT2D eigenvalue weighted by Gasteiger charge is -2.36. The number of Topliss-reactive ketones (excluding diaryl/α,β-unsaturated/α-hetero) is 1. The summed E-state index contributed by atoms with van der Waals surface area (Å²) in [4.78, 5) is 20.2. The molecule has 1 aromatic heterocycles. The maximum absolute atomic E-state index is 14.5. The van der Waals surface area contributed by atoms with Gasteiger partial charge in [0, 0.05) is 24.6 Å². The SMILES string of the molecule is C[C@@]1(c2cc(CC(=O)c3ccc(Cl)cn3)ccc2F)C[C@@H](C(F)(F)F)OC(N)=N1. The lowest BCUT2D eigenvalue weighted by Crippen LogP contribution is -2.46. The molecule has 0 bridgehead atoms. The molecular weight excluding hydrogens is 414 g/mol.